The summed E-state index contributed by atoms with van der Waals surface area (Å²) in [4.78, 5) is 26.3. The lowest BCUT2D eigenvalue weighted by Gasteiger charge is -2.10. The van der Waals surface area contributed by atoms with E-state index < -0.39 is 5.97 Å². The number of carbonyl (C=O) groups excluding carboxylic acids is 2. The Morgan fingerprint density at radius 2 is 1.70 bits per heavy atom. The van der Waals surface area contributed by atoms with Gasteiger partial charge in [0, 0.05) is 21.9 Å². The molecule has 33 heavy (non-hydrogen) atoms. The molecule has 0 unspecified atom stereocenters. The largest absolute Gasteiger partial charge is 0.497 e. The first kappa shape index (κ1) is 24.6. The molecular weight excluding hydrogens is 462 g/mol. The van der Waals surface area contributed by atoms with Crippen molar-refractivity contribution in [1.82, 2.24) is 0 Å². The summed E-state index contributed by atoms with van der Waals surface area (Å²) in [5, 5.41) is 3.98. The number of thiophene rings is 1. The molecule has 3 rings (SSSR count). The van der Waals surface area contributed by atoms with Crippen molar-refractivity contribution in [2.24, 2.45) is 0 Å². The SMILES string of the molecule is CCOC(=O)c1c(NC(=O)CCCOc2ccc(OC)cc2)sc(C)c1-c1ccc(Cl)cc1. The highest BCUT2D eigenvalue weighted by Gasteiger charge is 2.25. The van der Waals surface area contributed by atoms with Crippen LogP contribution in [0.4, 0.5) is 5.00 Å². The summed E-state index contributed by atoms with van der Waals surface area (Å²) >= 11 is 7.37. The van der Waals surface area contributed by atoms with E-state index in [4.69, 9.17) is 25.8 Å². The Bertz CT molecular complexity index is 1090. The minimum atomic E-state index is -0.468. The Balaban J connectivity index is 1.67. The van der Waals surface area contributed by atoms with Crippen molar-refractivity contribution in [3.63, 3.8) is 0 Å². The van der Waals surface area contributed by atoms with Crippen LogP contribution in [0.2, 0.25) is 5.02 Å². The predicted octanol–water partition coefficient (Wildman–Crippen LogP) is 6.36. The number of hydrogen-bond donors (Lipinski definition) is 1. The topological polar surface area (TPSA) is 73.9 Å². The van der Waals surface area contributed by atoms with Crippen molar-refractivity contribution in [1.29, 1.82) is 0 Å². The molecular formula is C25H26ClNO5S. The standard InChI is InChI=1S/C25H26ClNO5S/c1-4-31-25(29)23-22(17-7-9-18(26)10-8-17)16(2)33-24(23)27-21(28)6-5-15-32-20-13-11-19(30-3)12-14-20/h7-14H,4-6,15H2,1-3H3,(H,27,28). The highest BCUT2D eigenvalue weighted by atomic mass is 35.5. The van der Waals surface area contributed by atoms with Gasteiger partial charge >= 0.3 is 5.97 Å². The van der Waals surface area contributed by atoms with E-state index in [1.54, 1.807) is 26.2 Å². The summed E-state index contributed by atoms with van der Waals surface area (Å²) in [6.45, 7) is 4.30. The maximum atomic E-state index is 12.8. The number of ether oxygens (including phenoxy) is 3. The number of hydrogen-bond acceptors (Lipinski definition) is 6. The normalized spacial score (nSPS) is 10.5. The van der Waals surface area contributed by atoms with Gasteiger partial charge in [-0.2, -0.15) is 0 Å². The highest BCUT2D eigenvalue weighted by Crippen LogP contribution is 2.40. The van der Waals surface area contributed by atoms with Gasteiger partial charge in [-0.05, 0) is 62.2 Å². The molecule has 1 amide bonds. The molecule has 1 aromatic heterocycles. The fourth-order valence-corrected chi connectivity index (χ4v) is 4.49. The van der Waals surface area contributed by atoms with Crippen LogP contribution in [0.5, 0.6) is 11.5 Å². The van der Waals surface area contributed by atoms with Gasteiger partial charge < -0.3 is 19.5 Å². The van der Waals surface area contributed by atoms with Gasteiger partial charge in [-0.15, -0.1) is 11.3 Å². The maximum Gasteiger partial charge on any atom is 0.341 e. The van der Waals surface area contributed by atoms with E-state index in [-0.39, 0.29) is 18.9 Å². The van der Waals surface area contributed by atoms with Crippen LogP contribution in [0.3, 0.4) is 0 Å². The van der Waals surface area contributed by atoms with E-state index >= 15 is 0 Å². The zero-order chi connectivity index (χ0) is 23.8. The molecule has 0 fully saturated rings. The molecule has 2 aromatic carbocycles. The molecule has 0 aliphatic rings. The van der Waals surface area contributed by atoms with E-state index in [0.29, 0.717) is 34.4 Å². The third-order valence-electron chi connectivity index (χ3n) is 4.83. The lowest BCUT2D eigenvalue weighted by atomic mass is 10.0. The fourth-order valence-electron chi connectivity index (χ4n) is 3.28. The molecule has 0 saturated carbocycles. The number of amides is 1. The van der Waals surface area contributed by atoms with Crippen LogP contribution in [0, 0.1) is 6.92 Å². The van der Waals surface area contributed by atoms with Gasteiger partial charge in [-0.1, -0.05) is 23.7 Å². The average molecular weight is 488 g/mol. The van der Waals surface area contributed by atoms with E-state index in [0.717, 1.165) is 21.8 Å². The van der Waals surface area contributed by atoms with E-state index in [1.165, 1.54) is 11.3 Å². The van der Waals surface area contributed by atoms with Gasteiger partial charge in [0.1, 0.15) is 22.1 Å². The van der Waals surface area contributed by atoms with Crippen molar-refractivity contribution in [2.45, 2.75) is 26.7 Å². The molecule has 174 valence electrons. The molecule has 0 aliphatic carbocycles. The van der Waals surface area contributed by atoms with Crippen LogP contribution in [-0.4, -0.2) is 32.2 Å². The zero-order valence-electron chi connectivity index (χ0n) is 18.8. The second-order valence-electron chi connectivity index (χ2n) is 7.14. The van der Waals surface area contributed by atoms with Crippen LogP contribution in [-0.2, 0) is 9.53 Å². The van der Waals surface area contributed by atoms with Crippen molar-refractivity contribution in [3.8, 4) is 22.6 Å². The van der Waals surface area contributed by atoms with Crippen molar-refractivity contribution < 1.29 is 23.8 Å². The number of carbonyl (C=O) groups is 2. The van der Waals surface area contributed by atoms with Crippen molar-refractivity contribution in [2.75, 3.05) is 25.6 Å². The third kappa shape index (κ3) is 6.49. The monoisotopic (exact) mass is 487 g/mol. The second-order valence-corrected chi connectivity index (χ2v) is 8.80. The Labute approximate surface area is 202 Å². The fraction of sp³-hybridized carbons (Fsp3) is 0.280. The number of rotatable bonds is 10. The number of anilines is 1. The summed E-state index contributed by atoms with van der Waals surface area (Å²) in [5.74, 6) is 0.804. The highest BCUT2D eigenvalue weighted by molar-refractivity contribution is 7.17. The number of aryl methyl sites for hydroxylation is 1. The number of esters is 1. The molecule has 0 atom stereocenters. The van der Waals surface area contributed by atoms with Crippen LogP contribution >= 0.6 is 22.9 Å². The lowest BCUT2D eigenvalue weighted by Crippen LogP contribution is -2.15. The average Bonchev–Trinajstić information content (AvgIpc) is 3.13. The lowest BCUT2D eigenvalue weighted by molar-refractivity contribution is -0.116. The first-order valence-corrected chi connectivity index (χ1v) is 11.8. The Kier molecular flexibility index (Phi) is 8.74. The molecule has 0 bridgehead atoms. The Morgan fingerprint density at radius 3 is 2.33 bits per heavy atom. The molecule has 0 radical (unpaired) electrons. The number of nitrogens with one attached hydrogen (secondary N) is 1. The van der Waals surface area contributed by atoms with Gasteiger partial charge in [-0.3, -0.25) is 4.79 Å². The number of methoxy groups -OCH3 is 1. The maximum absolute atomic E-state index is 12.8. The molecule has 0 spiro atoms. The zero-order valence-corrected chi connectivity index (χ0v) is 20.3. The summed E-state index contributed by atoms with van der Waals surface area (Å²) in [5.41, 5.74) is 1.95. The summed E-state index contributed by atoms with van der Waals surface area (Å²) < 4.78 is 16.1. The number of halogens is 1. The smallest absolute Gasteiger partial charge is 0.341 e. The minimum Gasteiger partial charge on any atom is -0.497 e. The van der Waals surface area contributed by atoms with Gasteiger partial charge in [0.05, 0.1) is 20.3 Å². The van der Waals surface area contributed by atoms with E-state index in [2.05, 4.69) is 5.32 Å². The second kappa shape index (κ2) is 11.7. The summed E-state index contributed by atoms with van der Waals surface area (Å²) in [7, 11) is 1.61. The van der Waals surface area contributed by atoms with E-state index in [9.17, 15) is 9.59 Å². The summed E-state index contributed by atoms with van der Waals surface area (Å²) in [6.07, 6.45) is 0.784. The first-order valence-electron chi connectivity index (χ1n) is 10.6. The first-order chi connectivity index (χ1) is 15.9. The molecule has 6 nitrogen and oxygen atoms in total. The van der Waals surface area contributed by atoms with Gasteiger partial charge in [0.25, 0.3) is 0 Å². The van der Waals surface area contributed by atoms with Crippen LogP contribution in [0.1, 0.15) is 35.0 Å². The van der Waals surface area contributed by atoms with Crippen LogP contribution in [0.15, 0.2) is 48.5 Å². The minimum absolute atomic E-state index is 0.192. The third-order valence-corrected chi connectivity index (χ3v) is 6.10. The molecule has 3 aromatic rings. The van der Waals surface area contributed by atoms with Gasteiger partial charge in [0.15, 0.2) is 0 Å². The van der Waals surface area contributed by atoms with Gasteiger partial charge in [-0.25, -0.2) is 4.79 Å². The molecule has 1 N–H and O–H groups in total. The van der Waals surface area contributed by atoms with E-state index in [1.807, 2.05) is 43.3 Å². The molecule has 0 aliphatic heterocycles. The molecule has 0 saturated heterocycles. The quantitative estimate of drug-likeness (QED) is 0.266. The van der Waals surface area contributed by atoms with Crippen LogP contribution in [0.25, 0.3) is 11.1 Å². The van der Waals surface area contributed by atoms with Crippen molar-refractivity contribution >= 4 is 39.8 Å². The predicted molar refractivity (Wildman–Crippen MR) is 132 cm³/mol. The van der Waals surface area contributed by atoms with Gasteiger partial charge in [0.2, 0.25) is 5.91 Å². The Morgan fingerprint density at radius 1 is 1.03 bits per heavy atom. The molecule has 8 heteroatoms. The Hall–Kier alpha value is -3.03. The number of benzene rings is 2. The van der Waals surface area contributed by atoms with Crippen LogP contribution < -0.4 is 14.8 Å². The van der Waals surface area contributed by atoms with Crippen molar-refractivity contribution in [3.05, 3.63) is 64.0 Å². The summed E-state index contributed by atoms with van der Waals surface area (Å²) in [6, 6.07) is 14.5. The molecule has 1 heterocycles.